The van der Waals surface area contributed by atoms with Gasteiger partial charge >= 0.3 is 5.97 Å². The molecule has 14 heavy (non-hydrogen) atoms. The van der Waals surface area contributed by atoms with Crippen molar-refractivity contribution < 1.29 is 18.7 Å². The zero-order valence-corrected chi connectivity index (χ0v) is 7.57. The molecule has 1 fully saturated rings. The van der Waals surface area contributed by atoms with Crippen molar-refractivity contribution in [3.05, 3.63) is 35.6 Å². The van der Waals surface area contributed by atoms with E-state index in [0.29, 0.717) is 5.56 Å². The van der Waals surface area contributed by atoms with E-state index in [4.69, 9.17) is 4.74 Å². The molecule has 0 bridgehead atoms. The van der Waals surface area contributed by atoms with Crippen LogP contribution in [0, 0.1) is 5.82 Å². The van der Waals surface area contributed by atoms with Gasteiger partial charge in [0.1, 0.15) is 11.9 Å². The van der Waals surface area contributed by atoms with Crippen LogP contribution in [0.3, 0.4) is 0 Å². The van der Waals surface area contributed by atoms with E-state index in [1.54, 1.807) is 12.1 Å². The molecule has 4 heteroatoms. The van der Waals surface area contributed by atoms with Crippen LogP contribution < -0.4 is 0 Å². The van der Waals surface area contributed by atoms with Crippen LogP contribution in [-0.4, -0.2) is 19.2 Å². The number of ether oxygens (including phenoxy) is 2. The normalized spacial score (nSPS) is 24.4. The lowest BCUT2D eigenvalue weighted by Gasteiger charge is -1.95. The minimum atomic E-state index is -0.568. The molecule has 1 aromatic rings. The van der Waals surface area contributed by atoms with E-state index in [1.807, 2.05) is 0 Å². The molecule has 1 aliphatic heterocycles. The first-order valence-electron chi connectivity index (χ1n) is 4.21. The molecule has 0 radical (unpaired) electrons. The van der Waals surface area contributed by atoms with Crippen molar-refractivity contribution in [1.82, 2.24) is 0 Å². The summed E-state index contributed by atoms with van der Waals surface area (Å²) in [7, 11) is 1.30. The number of esters is 1. The van der Waals surface area contributed by atoms with E-state index >= 15 is 0 Å². The van der Waals surface area contributed by atoms with Crippen LogP contribution >= 0.6 is 0 Å². The number of benzene rings is 1. The van der Waals surface area contributed by atoms with E-state index in [0.717, 1.165) is 0 Å². The Morgan fingerprint density at radius 2 is 2.36 bits per heavy atom. The Hall–Kier alpha value is -1.42. The fourth-order valence-electron chi connectivity index (χ4n) is 1.34. The molecule has 2 atom stereocenters. The summed E-state index contributed by atoms with van der Waals surface area (Å²) in [5.74, 6) is -0.749. The van der Waals surface area contributed by atoms with Crippen molar-refractivity contribution >= 4 is 5.97 Å². The van der Waals surface area contributed by atoms with Crippen molar-refractivity contribution in [2.45, 2.75) is 12.2 Å². The lowest BCUT2D eigenvalue weighted by atomic mass is 10.1. The molecule has 0 unspecified atom stereocenters. The lowest BCUT2D eigenvalue weighted by Crippen LogP contribution is -2.09. The molecular weight excluding hydrogens is 187 g/mol. The third-order valence-corrected chi connectivity index (χ3v) is 2.10. The molecule has 1 heterocycles. The Kier molecular flexibility index (Phi) is 2.21. The Morgan fingerprint density at radius 1 is 1.57 bits per heavy atom. The maximum absolute atomic E-state index is 12.8. The predicted octanol–water partition coefficient (Wildman–Crippen LogP) is 1.44. The predicted molar refractivity (Wildman–Crippen MR) is 46.0 cm³/mol. The molecule has 1 aliphatic rings. The largest absolute Gasteiger partial charge is 0.467 e. The van der Waals surface area contributed by atoms with E-state index < -0.39 is 12.1 Å². The van der Waals surface area contributed by atoms with Crippen LogP contribution in [0.2, 0.25) is 0 Å². The number of hydrogen-bond donors (Lipinski definition) is 0. The van der Waals surface area contributed by atoms with Gasteiger partial charge in [-0.15, -0.1) is 0 Å². The van der Waals surface area contributed by atoms with Crippen molar-refractivity contribution in [3.8, 4) is 0 Å². The molecule has 0 aromatic heterocycles. The first-order chi connectivity index (χ1) is 6.72. The van der Waals surface area contributed by atoms with Crippen molar-refractivity contribution in [1.29, 1.82) is 0 Å². The van der Waals surface area contributed by atoms with Crippen LogP contribution in [0.15, 0.2) is 24.3 Å². The van der Waals surface area contributed by atoms with Crippen LogP contribution in [0.4, 0.5) is 4.39 Å². The van der Waals surface area contributed by atoms with Gasteiger partial charge in [0.25, 0.3) is 0 Å². The number of halogens is 1. The molecule has 74 valence electrons. The third-order valence-electron chi connectivity index (χ3n) is 2.10. The van der Waals surface area contributed by atoms with E-state index in [-0.39, 0.29) is 11.9 Å². The zero-order valence-electron chi connectivity index (χ0n) is 7.57. The molecule has 2 rings (SSSR count). The minimum absolute atomic E-state index is 0.332. The fraction of sp³-hybridized carbons (Fsp3) is 0.300. The average Bonchev–Trinajstić information content (AvgIpc) is 2.96. The Bertz CT molecular complexity index is 364. The summed E-state index contributed by atoms with van der Waals surface area (Å²) >= 11 is 0. The monoisotopic (exact) mass is 196 g/mol. The smallest absolute Gasteiger partial charge is 0.338 e. The minimum Gasteiger partial charge on any atom is -0.467 e. The van der Waals surface area contributed by atoms with Gasteiger partial charge in [-0.25, -0.2) is 9.18 Å². The molecule has 1 aromatic carbocycles. The summed E-state index contributed by atoms with van der Waals surface area (Å²) in [5, 5.41) is 0. The van der Waals surface area contributed by atoms with Crippen LogP contribution in [0.1, 0.15) is 11.7 Å². The lowest BCUT2D eigenvalue weighted by molar-refractivity contribution is -0.142. The van der Waals surface area contributed by atoms with E-state index in [9.17, 15) is 9.18 Å². The Labute approximate surface area is 80.4 Å². The summed E-state index contributed by atoms with van der Waals surface area (Å²) in [6, 6.07) is 6.00. The number of rotatable bonds is 2. The quantitative estimate of drug-likeness (QED) is 0.530. The van der Waals surface area contributed by atoms with Crippen molar-refractivity contribution in [2.24, 2.45) is 0 Å². The maximum atomic E-state index is 12.8. The number of epoxide rings is 1. The molecule has 3 nitrogen and oxygen atoms in total. The molecule has 0 N–H and O–H groups in total. The highest BCUT2D eigenvalue weighted by Crippen LogP contribution is 2.39. The van der Waals surface area contributed by atoms with Crippen LogP contribution in [-0.2, 0) is 14.3 Å². The number of hydrogen-bond acceptors (Lipinski definition) is 3. The van der Waals surface area contributed by atoms with Gasteiger partial charge in [-0.3, -0.25) is 0 Å². The zero-order chi connectivity index (χ0) is 10.1. The fourth-order valence-corrected chi connectivity index (χ4v) is 1.34. The summed E-state index contributed by atoms with van der Waals surface area (Å²) in [6.07, 6.45) is -0.917. The number of carbonyl (C=O) groups excluding carboxylic acids is 1. The van der Waals surface area contributed by atoms with Crippen LogP contribution in [0.25, 0.3) is 0 Å². The third kappa shape index (κ3) is 1.61. The van der Waals surface area contributed by atoms with Gasteiger partial charge in [0.05, 0.1) is 7.11 Å². The van der Waals surface area contributed by atoms with Crippen molar-refractivity contribution in [2.75, 3.05) is 7.11 Å². The van der Waals surface area contributed by atoms with Gasteiger partial charge in [-0.2, -0.15) is 0 Å². The molecule has 0 aliphatic carbocycles. The maximum Gasteiger partial charge on any atom is 0.338 e. The van der Waals surface area contributed by atoms with Gasteiger partial charge in [0.2, 0.25) is 0 Å². The first-order valence-corrected chi connectivity index (χ1v) is 4.21. The summed E-state index contributed by atoms with van der Waals surface area (Å²) in [6.45, 7) is 0. The SMILES string of the molecule is COC(=O)[C@@H]1O[C@@H]1c1cccc(F)c1. The van der Waals surface area contributed by atoms with Gasteiger partial charge in [-0.1, -0.05) is 12.1 Å². The van der Waals surface area contributed by atoms with Gasteiger partial charge < -0.3 is 9.47 Å². The average molecular weight is 196 g/mol. The number of methoxy groups -OCH3 is 1. The second-order valence-electron chi connectivity index (χ2n) is 3.06. The molecular formula is C10H9FO3. The highest BCUT2D eigenvalue weighted by molar-refractivity contribution is 5.78. The Balaban J connectivity index is 2.09. The molecule has 0 saturated carbocycles. The van der Waals surface area contributed by atoms with Gasteiger partial charge in [-0.05, 0) is 17.7 Å². The Morgan fingerprint density at radius 3 is 3.00 bits per heavy atom. The van der Waals surface area contributed by atoms with Crippen LogP contribution in [0.5, 0.6) is 0 Å². The van der Waals surface area contributed by atoms with Crippen molar-refractivity contribution in [3.63, 3.8) is 0 Å². The van der Waals surface area contributed by atoms with E-state index in [2.05, 4.69) is 4.74 Å². The molecule has 0 spiro atoms. The summed E-state index contributed by atoms with van der Waals surface area (Å²) in [5.41, 5.74) is 0.667. The van der Waals surface area contributed by atoms with Gasteiger partial charge in [0.15, 0.2) is 6.10 Å². The standard InChI is InChI=1S/C10H9FO3/c1-13-10(12)9-8(14-9)6-3-2-4-7(11)5-6/h2-5,8-9H,1H3/t8-,9-/m1/s1. The second kappa shape index (κ2) is 3.38. The summed E-state index contributed by atoms with van der Waals surface area (Å²) < 4.78 is 22.4. The van der Waals surface area contributed by atoms with Gasteiger partial charge in [0, 0.05) is 0 Å². The summed E-state index contributed by atoms with van der Waals surface area (Å²) in [4.78, 5) is 11.0. The first kappa shape index (κ1) is 9.15. The topological polar surface area (TPSA) is 38.8 Å². The molecule has 0 amide bonds. The second-order valence-corrected chi connectivity index (χ2v) is 3.06. The highest BCUT2D eigenvalue weighted by atomic mass is 19.1. The number of carbonyl (C=O) groups is 1. The molecule has 1 saturated heterocycles. The highest BCUT2D eigenvalue weighted by Gasteiger charge is 2.47. The van der Waals surface area contributed by atoms with E-state index in [1.165, 1.54) is 19.2 Å².